The summed E-state index contributed by atoms with van der Waals surface area (Å²) in [6, 6.07) is 10.1. The number of nitrogens with zero attached hydrogens (tertiary/aromatic N) is 3. The number of halogens is 1. The normalized spacial score (nSPS) is 15.0. The van der Waals surface area contributed by atoms with E-state index in [1.54, 1.807) is 24.2 Å². The van der Waals surface area contributed by atoms with Crippen LogP contribution in [-0.4, -0.2) is 28.0 Å². The van der Waals surface area contributed by atoms with Gasteiger partial charge < -0.3 is 14.8 Å². The van der Waals surface area contributed by atoms with Crippen LogP contribution >= 0.6 is 12.4 Å². The molecule has 1 unspecified atom stereocenters. The van der Waals surface area contributed by atoms with Gasteiger partial charge in [-0.3, -0.25) is 0 Å². The summed E-state index contributed by atoms with van der Waals surface area (Å²) in [5, 5.41) is 7.76. The average molecular weight is 387 g/mol. The molecule has 0 radical (unpaired) electrons. The van der Waals surface area contributed by atoms with E-state index in [0.29, 0.717) is 13.1 Å². The van der Waals surface area contributed by atoms with Gasteiger partial charge in [0.1, 0.15) is 17.6 Å². The highest BCUT2D eigenvalue weighted by Crippen LogP contribution is 2.34. The standard InChI is InChI=1S/C20H22N4O2.ClH/c1-14-9-16-10-18(25-2)17(11-19(16)26-14)13-21-12-15-5-3-6-22-20(15)24-8-4-7-23-24;/h3-8,10-11,14,21H,9,12-13H2,1-2H3;1H. The Kier molecular flexibility index (Phi) is 5.98. The van der Waals surface area contributed by atoms with Gasteiger partial charge in [0.05, 0.1) is 7.11 Å². The molecule has 1 aromatic carbocycles. The molecule has 3 aromatic rings. The average Bonchev–Trinajstić information content (AvgIpc) is 3.30. The lowest BCUT2D eigenvalue weighted by atomic mass is 10.1. The zero-order chi connectivity index (χ0) is 17.9. The summed E-state index contributed by atoms with van der Waals surface area (Å²) in [4.78, 5) is 4.45. The van der Waals surface area contributed by atoms with Crippen molar-refractivity contribution in [3.63, 3.8) is 0 Å². The smallest absolute Gasteiger partial charge is 0.157 e. The number of methoxy groups -OCH3 is 1. The molecule has 0 spiro atoms. The van der Waals surface area contributed by atoms with Crippen LogP contribution in [0.3, 0.4) is 0 Å². The lowest BCUT2D eigenvalue weighted by molar-refractivity contribution is 0.254. The van der Waals surface area contributed by atoms with Crippen LogP contribution in [-0.2, 0) is 19.5 Å². The molecule has 3 heterocycles. The predicted octanol–water partition coefficient (Wildman–Crippen LogP) is 3.31. The van der Waals surface area contributed by atoms with Gasteiger partial charge in [-0.2, -0.15) is 5.10 Å². The lowest BCUT2D eigenvalue weighted by Gasteiger charge is -2.13. The Morgan fingerprint density at radius 2 is 2.07 bits per heavy atom. The van der Waals surface area contributed by atoms with Crippen LogP contribution < -0.4 is 14.8 Å². The van der Waals surface area contributed by atoms with E-state index < -0.39 is 0 Å². The highest BCUT2D eigenvalue weighted by atomic mass is 35.5. The monoisotopic (exact) mass is 386 g/mol. The summed E-state index contributed by atoms with van der Waals surface area (Å²) in [6.45, 7) is 3.45. The number of pyridine rings is 1. The van der Waals surface area contributed by atoms with Gasteiger partial charge in [-0.05, 0) is 31.2 Å². The molecule has 0 fully saturated rings. The number of hydrogen-bond acceptors (Lipinski definition) is 5. The molecule has 4 rings (SSSR count). The maximum Gasteiger partial charge on any atom is 0.157 e. The molecule has 0 aliphatic carbocycles. The summed E-state index contributed by atoms with van der Waals surface area (Å²) < 4.78 is 13.2. The SMILES string of the molecule is COc1cc2c(cc1CNCc1cccnc1-n1cccn1)OC(C)C2.Cl. The van der Waals surface area contributed by atoms with Crippen molar-refractivity contribution < 1.29 is 9.47 Å². The maximum atomic E-state index is 5.87. The molecular weight excluding hydrogens is 364 g/mol. The molecule has 1 aliphatic heterocycles. The zero-order valence-corrected chi connectivity index (χ0v) is 16.2. The van der Waals surface area contributed by atoms with E-state index in [1.807, 2.05) is 18.3 Å². The van der Waals surface area contributed by atoms with Crippen molar-refractivity contribution in [2.75, 3.05) is 7.11 Å². The van der Waals surface area contributed by atoms with Crippen molar-refractivity contribution in [1.82, 2.24) is 20.1 Å². The van der Waals surface area contributed by atoms with Gasteiger partial charge in [0, 0.05) is 54.8 Å². The first-order chi connectivity index (χ1) is 12.7. The summed E-state index contributed by atoms with van der Waals surface area (Å²) in [7, 11) is 1.71. The summed E-state index contributed by atoms with van der Waals surface area (Å²) >= 11 is 0. The lowest BCUT2D eigenvalue weighted by Crippen LogP contribution is -2.16. The van der Waals surface area contributed by atoms with Crippen LogP contribution in [0.25, 0.3) is 5.82 Å². The van der Waals surface area contributed by atoms with E-state index in [9.17, 15) is 0 Å². The first-order valence-electron chi connectivity index (χ1n) is 8.75. The quantitative estimate of drug-likeness (QED) is 0.704. The molecule has 2 aromatic heterocycles. The van der Waals surface area contributed by atoms with Crippen molar-refractivity contribution in [2.24, 2.45) is 0 Å². The van der Waals surface area contributed by atoms with Gasteiger partial charge in [0.15, 0.2) is 5.82 Å². The third-order valence-corrected chi connectivity index (χ3v) is 4.52. The maximum absolute atomic E-state index is 5.87. The Bertz CT molecular complexity index is 899. The number of rotatable bonds is 6. The van der Waals surface area contributed by atoms with Crippen molar-refractivity contribution in [2.45, 2.75) is 32.5 Å². The number of ether oxygens (including phenoxy) is 2. The number of nitrogens with one attached hydrogen (secondary N) is 1. The van der Waals surface area contributed by atoms with Gasteiger partial charge in [0.25, 0.3) is 0 Å². The van der Waals surface area contributed by atoms with Crippen LogP contribution in [0.2, 0.25) is 0 Å². The molecule has 1 N–H and O–H groups in total. The fourth-order valence-electron chi connectivity index (χ4n) is 3.31. The molecule has 1 atom stereocenters. The van der Waals surface area contributed by atoms with Crippen molar-refractivity contribution in [3.8, 4) is 17.3 Å². The van der Waals surface area contributed by atoms with Gasteiger partial charge >= 0.3 is 0 Å². The Morgan fingerprint density at radius 1 is 1.22 bits per heavy atom. The Labute approximate surface area is 164 Å². The Balaban J connectivity index is 0.00000210. The molecule has 142 valence electrons. The molecular formula is C20H23ClN4O2. The van der Waals surface area contributed by atoms with E-state index >= 15 is 0 Å². The topological polar surface area (TPSA) is 61.2 Å². The second-order valence-corrected chi connectivity index (χ2v) is 6.44. The molecule has 27 heavy (non-hydrogen) atoms. The van der Waals surface area contributed by atoms with Crippen LogP contribution in [0.5, 0.6) is 11.5 Å². The second-order valence-electron chi connectivity index (χ2n) is 6.44. The number of fused-ring (bicyclic) bond motifs is 1. The summed E-state index contributed by atoms with van der Waals surface area (Å²) in [5.74, 6) is 2.70. The molecule has 7 heteroatoms. The van der Waals surface area contributed by atoms with Gasteiger partial charge in [-0.25, -0.2) is 9.67 Å². The van der Waals surface area contributed by atoms with Crippen LogP contribution in [0.4, 0.5) is 0 Å². The van der Waals surface area contributed by atoms with E-state index in [4.69, 9.17) is 9.47 Å². The van der Waals surface area contributed by atoms with Crippen molar-refractivity contribution >= 4 is 12.4 Å². The van der Waals surface area contributed by atoms with E-state index in [-0.39, 0.29) is 18.5 Å². The first-order valence-corrected chi connectivity index (χ1v) is 8.75. The molecule has 1 aliphatic rings. The number of aromatic nitrogens is 3. The van der Waals surface area contributed by atoms with Crippen LogP contribution in [0, 0.1) is 0 Å². The minimum Gasteiger partial charge on any atom is -0.496 e. The van der Waals surface area contributed by atoms with E-state index in [2.05, 4.69) is 40.5 Å². The fraction of sp³-hybridized carbons (Fsp3) is 0.300. The van der Waals surface area contributed by atoms with Gasteiger partial charge in [-0.1, -0.05) is 6.07 Å². The van der Waals surface area contributed by atoms with Crippen LogP contribution in [0.15, 0.2) is 48.9 Å². The molecule has 0 saturated heterocycles. The summed E-state index contributed by atoms with van der Waals surface area (Å²) in [5.41, 5.74) is 3.39. The third-order valence-electron chi connectivity index (χ3n) is 4.52. The van der Waals surface area contributed by atoms with Gasteiger partial charge in [-0.15, -0.1) is 12.4 Å². The second kappa shape index (κ2) is 8.41. The van der Waals surface area contributed by atoms with Crippen molar-refractivity contribution in [1.29, 1.82) is 0 Å². The van der Waals surface area contributed by atoms with E-state index in [0.717, 1.165) is 34.9 Å². The minimum absolute atomic E-state index is 0. The summed E-state index contributed by atoms with van der Waals surface area (Å²) in [6.07, 6.45) is 6.59. The Hall–Kier alpha value is -2.57. The predicted molar refractivity (Wildman–Crippen MR) is 106 cm³/mol. The Morgan fingerprint density at radius 3 is 2.85 bits per heavy atom. The first kappa shape index (κ1) is 19.2. The fourth-order valence-corrected chi connectivity index (χ4v) is 3.31. The zero-order valence-electron chi connectivity index (χ0n) is 15.4. The molecule has 6 nitrogen and oxygen atoms in total. The van der Waals surface area contributed by atoms with E-state index in [1.165, 1.54) is 5.56 Å². The number of hydrogen-bond donors (Lipinski definition) is 1. The number of benzene rings is 1. The highest BCUT2D eigenvalue weighted by molar-refractivity contribution is 5.85. The highest BCUT2D eigenvalue weighted by Gasteiger charge is 2.21. The van der Waals surface area contributed by atoms with Gasteiger partial charge in [0.2, 0.25) is 0 Å². The minimum atomic E-state index is 0. The molecule has 0 bridgehead atoms. The third kappa shape index (κ3) is 4.07. The molecule has 0 saturated carbocycles. The van der Waals surface area contributed by atoms with Crippen LogP contribution in [0.1, 0.15) is 23.6 Å². The van der Waals surface area contributed by atoms with Crippen molar-refractivity contribution in [3.05, 3.63) is 65.6 Å². The largest absolute Gasteiger partial charge is 0.496 e. The molecule has 0 amide bonds.